The first-order chi connectivity index (χ1) is 10.0. The Balaban J connectivity index is 4.74. The lowest BCUT2D eigenvalue weighted by molar-refractivity contribution is -0.137. The van der Waals surface area contributed by atoms with Crippen molar-refractivity contribution in [1.82, 2.24) is 0 Å². The summed E-state index contributed by atoms with van der Waals surface area (Å²) in [5.41, 5.74) is 0. The van der Waals surface area contributed by atoms with Gasteiger partial charge >= 0.3 is 5.97 Å². The lowest BCUT2D eigenvalue weighted by atomic mass is 9.98. The van der Waals surface area contributed by atoms with Crippen LogP contribution in [0.25, 0.3) is 0 Å². The van der Waals surface area contributed by atoms with E-state index in [1.165, 1.54) is 6.08 Å². The highest BCUT2D eigenvalue weighted by Gasteiger charge is 2.39. The molecule has 2 atom stereocenters. The number of carbonyl (C=O) groups excluding carboxylic acids is 1. The van der Waals surface area contributed by atoms with E-state index in [1.54, 1.807) is 0 Å². The molecule has 0 aliphatic carbocycles. The maximum absolute atomic E-state index is 11.3. The Morgan fingerprint density at radius 2 is 1.86 bits per heavy atom. The lowest BCUT2D eigenvalue weighted by Crippen LogP contribution is -2.45. The summed E-state index contributed by atoms with van der Waals surface area (Å²) in [7, 11) is -1.81. The topological polar surface area (TPSA) is 35.5 Å². The molecule has 0 aliphatic rings. The molecule has 0 N–H and O–H groups in total. The Bertz CT molecular complexity index is 380. The van der Waals surface area contributed by atoms with Gasteiger partial charge in [-0.1, -0.05) is 39.8 Å². The molecule has 0 unspecified atom stereocenters. The van der Waals surface area contributed by atoms with E-state index in [1.807, 2.05) is 19.1 Å². The number of rotatable bonds is 9. The van der Waals surface area contributed by atoms with Crippen molar-refractivity contribution < 1.29 is 14.0 Å². The first-order valence-corrected chi connectivity index (χ1v) is 11.1. The number of carbonyl (C=O) groups is 1. The van der Waals surface area contributed by atoms with Crippen LogP contribution in [0.5, 0.6) is 0 Å². The van der Waals surface area contributed by atoms with Crippen molar-refractivity contribution in [1.29, 1.82) is 0 Å². The number of allylic oxidation sites excluding steroid dienone is 1. The van der Waals surface area contributed by atoms with Gasteiger partial charge in [-0.15, -0.1) is 6.58 Å². The first kappa shape index (κ1) is 21.1. The van der Waals surface area contributed by atoms with E-state index in [2.05, 4.69) is 47.4 Å². The van der Waals surface area contributed by atoms with Gasteiger partial charge in [0.1, 0.15) is 0 Å². The molecule has 4 heteroatoms. The van der Waals surface area contributed by atoms with Crippen LogP contribution in [0.3, 0.4) is 0 Å². The fourth-order valence-corrected chi connectivity index (χ4v) is 3.28. The van der Waals surface area contributed by atoms with Crippen molar-refractivity contribution in [2.24, 2.45) is 5.92 Å². The molecule has 0 aromatic carbocycles. The van der Waals surface area contributed by atoms with Crippen LogP contribution < -0.4 is 0 Å². The zero-order chi connectivity index (χ0) is 17.4. The highest BCUT2D eigenvalue weighted by molar-refractivity contribution is 6.74. The predicted octanol–water partition coefficient (Wildman–Crippen LogP) is 5.10. The molecule has 0 aromatic heterocycles. The Labute approximate surface area is 137 Å². The van der Waals surface area contributed by atoms with E-state index in [4.69, 9.17) is 9.16 Å². The van der Waals surface area contributed by atoms with Gasteiger partial charge in [-0.2, -0.15) is 0 Å². The molecule has 0 aromatic rings. The molecule has 0 spiro atoms. The minimum absolute atomic E-state index is 0.144. The van der Waals surface area contributed by atoms with Crippen molar-refractivity contribution in [3.63, 3.8) is 0 Å². The van der Waals surface area contributed by atoms with Gasteiger partial charge in [0.05, 0.1) is 12.7 Å². The highest BCUT2D eigenvalue weighted by atomic mass is 28.4. The van der Waals surface area contributed by atoms with Gasteiger partial charge < -0.3 is 9.16 Å². The third-order valence-corrected chi connectivity index (χ3v) is 8.84. The van der Waals surface area contributed by atoms with Crippen LogP contribution in [-0.2, 0) is 14.0 Å². The molecule has 128 valence electrons. The first-order valence-electron chi connectivity index (χ1n) is 8.17. The summed E-state index contributed by atoms with van der Waals surface area (Å²) in [6.45, 7) is 19.5. The van der Waals surface area contributed by atoms with Gasteiger partial charge in [-0.3, -0.25) is 0 Å². The number of ether oxygens (including phenoxy) is 1. The predicted molar refractivity (Wildman–Crippen MR) is 96.4 cm³/mol. The van der Waals surface area contributed by atoms with E-state index in [-0.39, 0.29) is 17.1 Å². The number of hydrogen-bond donors (Lipinski definition) is 0. The fourth-order valence-electron chi connectivity index (χ4n) is 1.84. The molecular formula is C18H34O3Si. The van der Waals surface area contributed by atoms with Crippen molar-refractivity contribution in [3.05, 3.63) is 24.8 Å². The average Bonchev–Trinajstić information content (AvgIpc) is 2.36. The molecule has 22 heavy (non-hydrogen) atoms. The summed E-state index contributed by atoms with van der Waals surface area (Å²) in [4.78, 5) is 11.3. The zero-order valence-electron chi connectivity index (χ0n) is 15.4. The van der Waals surface area contributed by atoms with Gasteiger partial charge in [0.2, 0.25) is 0 Å². The summed E-state index contributed by atoms with van der Waals surface area (Å²) in [5, 5.41) is 0.187. The monoisotopic (exact) mass is 326 g/mol. The third kappa shape index (κ3) is 7.41. The summed E-state index contributed by atoms with van der Waals surface area (Å²) in [6.07, 6.45) is 7.09. The molecule has 0 bridgehead atoms. The van der Waals surface area contributed by atoms with Crippen LogP contribution in [0.4, 0.5) is 0 Å². The van der Waals surface area contributed by atoms with Gasteiger partial charge in [0.25, 0.3) is 0 Å². The normalized spacial score (nSPS) is 15.6. The Hall–Kier alpha value is -0.873. The van der Waals surface area contributed by atoms with Crippen LogP contribution in [0.15, 0.2) is 24.8 Å². The van der Waals surface area contributed by atoms with Crippen LogP contribution in [-0.4, -0.2) is 27.0 Å². The second kappa shape index (κ2) is 9.31. The SMILES string of the molecule is C=CC[C@H](O[Si](C)(C)C(C)(C)C)[C@@H](C)C/C=C/C(=O)OCC. The maximum Gasteiger partial charge on any atom is 0.330 e. The summed E-state index contributed by atoms with van der Waals surface area (Å²) < 4.78 is 11.4. The van der Waals surface area contributed by atoms with Gasteiger partial charge in [-0.05, 0) is 43.8 Å². The van der Waals surface area contributed by atoms with E-state index in [0.29, 0.717) is 12.5 Å². The third-order valence-electron chi connectivity index (χ3n) is 4.33. The van der Waals surface area contributed by atoms with E-state index < -0.39 is 8.32 Å². The van der Waals surface area contributed by atoms with Crippen molar-refractivity contribution in [2.45, 2.75) is 71.7 Å². The van der Waals surface area contributed by atoms with Crippen LogP contribution in [0.2, 0.25) is 18.1 Å². The molecule has 0 saturated carbocycles. The molecule has 0 heterocycles. The lowest BCUT2D eigenvalue weighted by Gasteiger charge is -2.40. The molecule has 0 saturated heterocycles. The summed E-state index contributed by atoms with van der Waals surface area (Å²) in [5.74, 6) is 0.0538. The summed E-state index contributed by atoms with van der Waals surface area (Å²) in [6, 6.07) is 0. The van der Waals surface area contributed by atoms with Crippen molar-refractivity contribution >= 4 is 14.3 Å². The van der Waals surface area contributed by atoms with Gasteiger partial charge in [0.15, 0.2) is 8.32 Å². The van der Waals surface area contributed by atoms with Crippen LogP contribution in [0.1, 0.15) is 47.5 Å². The minimum Gasteiger partial charge on any atom is -0.463 e. The fraction of sp³-hybridized carbons (Fsp3) is 0.722. The number of esters is 1. The second-order valence-electron chi connectivity index (χ2n) is 7.31. The largest absolute Gasteiger partial charge is 0.463 e. The second-order valence-corrected chi connectivity index (χ2v) is 12.1. The Morgan fingerprint density at radius 1 is 1.27 bits per heavy atom. The molecule has 3 nitrogen and oxygen atoms in total. The molecule has 0 rings (SSSR count). The van der Waals surface area contributed by atoms with E-state index in [9.17, 15) is 4.79 Å². The average molecular weight is 327 g/mol. The molecule has 0 amide bonds. The van der Waals surface area contributed by atoms with Crippen molar-refractivity contribution in [2.75, 3.05) is 6.61 Å². The molecule has 0 aliphatic heterocycles. The van der Waals surface area contributed by atoms with Crippen molar-refractivity contribution in [3.8, 4) is 0 Å². The molecule has 0 fully saturated rings. The quantitative estimate of drug-likeness (QED) is 0.256. The van der Waals surface area contributed by atoms with Gasteiger partial charge in [0, 0.05) is 6.08 Å². The molecule has 0 radical (unpaired) electrons. The van der Waals surface area contributed by atoms with Gasteiger partial charge in [-0.25, -0.2) is 4.79 Å². The highest BCUT2D eigenvalue weighted by Crippen LogP contribution is 2.38. The van der Waals surface area contributed by atoms with E-state index >= 15 is 0 Å². The smallest absolute Gasteiger partial charge is 0.330 e. The summed E-state index contributed by atoms with van der Waals surface area (Å²) >= 11 is 0. The zero-order valence-corrected chi connectivity index (χ0v) is 16.4. The standard InChI is InChI=1S/C18H34O3Si/c1-9-12-16(21-22(7,8)18(4,5)6)15(3)13-11-14-17(19)20-10-2/h9,11,14-16H,1,10,12-13H2,2-8H3/b14-11+/t15-,16-/m0/s1. The van der Waals surface area contributed by atoms with Crippen LogP contribution in [0, 0.1) is 5.92 Å². The molecular weight excluding hydrogens is 292 g/mol. The number of hydrogen-bond acceptors (Lipinski definition) is 3. The van der Waals surface area contributed by atoms with Crippen LogP contribution >= 0.6 is 0 Å². The van der Waals surface area contributed by atoms with E-state index in [0.717, 1.165) is 12.8 Å². The minimum atomic E-state index is -1.81. The maximum atomic E-state index is 11.3. The Morgan fingerprint density at radius 3 is 2.32 bits per heavy atom. The Kier molecular flexibility index (Phi) is 8.94.